The molecule has 0 aromatic heterocycles. The first-order chi connectivity index (χ1) is 10.3. The molecule has 0 amide bonds. The Kier molecular flexibility index (Phi) is 4.56. The van der Waals surface area contributed by atoms with E-state index in [-0.39, 0.29) is 11.4 Å². The van der Waals surface area contributed by atoms with Crippen LogP contribution >= 0.6 is 0 Å². The zero-order chi connectivity index (χ0) is 16.4. The van der Waals surface area contributed by atoms with Crippen molar-refractivity contribution in [3.05, 3.63) is 34.4 Å². The van der Waals surface area contributed by atoms with Gasteiger partial charge in [0.05, 0.1) is 10.9 Å². The lowest BCUT2D eigenvalue weighted by Crippen LogP contribution is -2.63. The molecule has 0 bridgehead atoms. The second kappa shape index (κ2) is 6.23. The van der Waals surface area contributed by atoms with Crippen molar-refractivity contribution in [2.24, 2.45) is 0 Å². The van der Waals surface area contributed by atoms with Gasteiger partial charge in [-0.2, -0.15) is 0 Å². The lowest BCUT2D eigenvalue weighted by molar-refractivity contribution is -0.384. The topological polar surface area (TPSA) is 162 Å². The molecule has 1 aliphatic heterocycles. The van der Waals surface area contributed by atoms with Crippen LogP contribution in [0.4, 0.5) is 5.69 Å². The van der Waals surface area contributed by atoms with Gasteiger partial charge in [0.2, 0.25) is 6.29 Å². The number of rotatable bonds is 4. The number of aliphatic hydroxyl groups is 3. The first kappa shape index (κ1) is 16.1. The maximum Gasteiger partial charge on any atom is 0.269 e. The molecule has 0 saturated carbocycles. The summed E-state index contributed by atoms with van der Waals surface area (Å²) in [5, 5.41) is 50.1. The number of aliphatic carboxylic acids is 1. The van der Waals surface area contributed by atoms with Crippen LogP contribution < -0.4 is 9.84 Å². The molecule has 1 saturated heterocycles. The fourth-order valence-electron chi connectivity index (χ4n) is 1.92. The number of benzene rings is 1. The number of ether oxygens (including phenoxy) is 2. The first-order valence-electron chi connectivity index (χ1n) is 6.13. The van der Waals surface area contributed by atoms with E-state index in [1.54, 1.807) is 0 Å². The summed E-state index contributed by atoms with van der Waals surface area (Å²) in [5.41, 5.74) is -0.194. The highest BCUT2D eigenvalue weighted by Crippen LogP contribution is 2.25. The van der Waals surface area contributed by atoms with Gasteiger partial charge in [0, 0.05) is 12.1 Å². The number of carboxylic acid groups (broad SMARTS) is 1. The Hall–Kier alpha value is -2.27. The molecular formula is C12H12NO9-. The lowest BCUT2D eigenvalue weighted by atomic mass is 9.99. The lowest BCUT2D eigenvalue weighted by Gasteiger charge is -2.40. The largest absolute Gasteiger partial charge is 0.547 e. The van der Waals surface area contributed by atoms with Crippen molar-refractivity contribution in [2.45, 2.75) is 30.7 Å². The molecule has 1 aromatic rings. The van der Waals surface area contributed by atoms with Gasteiger partial charge >= 0.3 is 0 Å². The summed E-state index contributed by atoms with van der Waals surface area (Å²) in [6.45, 7) is 0. The molecule has 1 aromatic carbocycles. The van der Waals surface area contributed by atoms with Crippen molar-refractivity contribution >= 4 is 11.7 Å². The SMILES string of the molecule is O=C([O-])[C@@H]1O[C@@H](Oc2ccc([N+](=O)[O-])cc2)[C@H](O)[C@@H](O)[C@@H]1O. The second-order valence-electron chi connectivity index (χ2n) is 4.58. The molecule has 0 aliphatic carbocycles. The highest BCUT2D eigenvalue weighted by atomic mass is 16.7. The molecule has 1 aliphatic rings. The van der Waals surface area contributed by atoms with Crippen LogP contribution in [-0.2, 0) is 9.53 Å². The summed E-state index contributed by atoms with van der Waals surface area (Å²) in [4.78, 5) is 20.7. The molecule has 2 rings (SSSR count). The van der Waals surface area contributed by atoms with Gasteiger partial charge in [-0.05, 0) is 12.1 Å². The minimum atomic E-state index is -1.89. The Balaban J connectivity index is 2.13. The van der Waals surface area contributed by atoms with Gasteiger partial charge in [0.25, 0.3) is 5.69 Å². The Morgan fingerprint density at radius 1 is 1.14 bits per heavy atom. The minimum Gasteiger partial charge on any atom is -0.547 e. The number of hydrogen-bond acceptors (Lipinski definition) is 9. The molecule has 5 atom stereocenters. The number of carbonyl (C=O) groups is 1. The van der Waals surface area contributed by atoms with E-state index in [2.05, 4.69) is 0 Å². The van der Waals surface area contributed by atoms with Crippen LogP contribution in [0.15, 0.2) is 24.3 Å². The van der Waals surface area contributed by atoms with Crippen LogP contribution in [0.5, 0.6) is 5.75 Å². The molecule has 10 heteroatoms. The number of nitrogens with zero attached hydrogens (tertiary/aromatic N) is 1. The Labute approximate surface area is 123 Å². The van der Waals surface area contributed by atoms with Crippen molar-refractivity contribution in [3.63, 3.8) is 0 Å². The Morgan fingerprint density at radius 2 is 1.73 bits per heavy atom. The number of nitro groups is 1. The summed E-state index contributed by atoms with van der Waals surface area (Å²) >= 11 is 0. The second-order valence-corrected chi connectivity index (χ2v) is 4.58. The number of aliphatic hydroxyl groups excluding tert-OH is 3. The molecule has 3 N–H and O–H groups in total. The van der Waals surface area contributed by atoms with Crippen LogP contribution in [0.2, 0.25) is 0 Å². The monoisotopic (exact) mass is 314 g/mol. The minimum absolute atomic E-state index is 0.0373. The molecule has 0 spiro atoms. The van der Waals surface area contributed by atoms with E-state index in [1.165, 1.54) is 12.1 Å². The standard InChI is InChI=1S/C12H13NO9/c14-7-8(15)10(11(17)18)22-12(9(7)16)21-6-3-1-5(2-4-6)13(19)20/h1-4,7-10,12,14-16H,(H,17,18)/p-1/t7-,8-,9+,10+,12+/m0/s1. The maximum absolute atomic E-state index is 10.8. The fraction of sp³-hybridized carbons (Fsp3) is 0.417. The third-order valence-corrected chi connectivity index (χ3v) is 3.10. The highest BCUT2D eigenvalue weighted by Gasteiger charge is 2.45. The average Bonchev–Trinajstić information content (AvgIpc) is 2.48. The molecule has 1 heterocycles. The normalized spacial score (nSPS) is 31.5. The zero-order valence-electron chi connectivity index (χ0n) is 10.9. The summed E-state index contributed by atoms with van der Waals surface area (Å²) in [5.74, 6) is -1.74. The molecule has 0 unspecified atom stereocenters. The third-order valence-electron chi connectivity index (χ3n) is 3.10. The van der Waals surface area contributed by atoms with Crippen molar-refractivity contribution in [2.75, 3.05) is 0 Å². The van der Waals surface area contributed by atoms with Crippen molar-refractivity contribution in [1.29, 1.82) is 0 Å². The van der Waals surface area contributed by atoms with E-state index in [0.717, 1.165) is 12.1 Å². The fourth-order valence-corrected chi connectivity index (χ4v) is 1.92. The van der Waals surface area contributed by atoms with Crippen LogP contribution in [0, 0.1) is 10.1 Å². The van der Waals surface area contributed by atoms with Gasteiger partial charge in [0.1, 0.15) is 30.2 Å². The summed E-state index contributed by atoms with van der Waals surface area (Å²) in [6.07, 6.45) is -8.90. The van der Waals surface area contributed by atoms with Crippen molar-refractivity contribution < 1.29 is 39.6 Å². The smallest absolute Gasteiger partial charge is 0.269 e. The van der Waals surface area contributed by atoms with Gasteiger partial charge in [0.15, 0.2) is 0 Å². The van der Waals surface area contributed by atoms with Gasteiger partial charge in [-0.3, -0.25) is 10.1 Å². The van der Waals surface area contributed by atoms with Gasteiger partial charge < -0.3 is 34.7 Å². The Bertz CT molecular complexity index is 560. The highest BCUT2D eigenvalue weighted by molar-refractivity contribution is 5.71. The quantitative estimate of drug-likeness (QED) is 0.403. The zero-order valence-corrected chi connectivity index (χ0v) is 10.9. The molecular weight excluding hydrogens is 302 g/mol. The molecule has 0 radical (unpaired) electrons. The number of non-ortho nitro benzene ring substituents is 1. The average molecular weight is 314 g/mol. The predicted molar refractivity (Wildman–Crippen MR) is 65.4 cm³/mol. The van der Waals surface area contributed by atoms with Crippen molar-refractivity contribution in [1.82, 2.24) is 0 Å². The van der Waals surface area contributed by atoms with E-state index < -0.39 is 41.6 Å². The van der Waals surface area contributed by atoms with Crippen LogP contribution in [0.1, 0.15) is 0 Å². The van der Waals surface area contributed by atoms with Gasteiger partial charge in [-0.15, -0.1) is 0 Å². The van der Waals surface area contributed by atoms with E-state index in [0.29, 0.717) is 0 Å². The molecule has 120 valence electrons. The van der Waals surface area contributed by atoms with Crippen LogP contribution in [-0.4, -0.2) is 56.9 Å². The molecule has 1 fully saturated rings. The number of carbonyl (C=O) groups excluding carboxylic acids is 1. The molecule has 10 nitrogen and oxygen atoms in total. The summed E-state index contributed by atoms with van der Waals surface area (Å²) in [7, 11) is 0. The van der Waals surface area contributed by atoms with E-state index in [4.69, 9.17) is 9.47 Å². The third kappa shape index (κ3) is 3.14. The number of hydrogen-bond donors (Lipinski definition) is 3. The predicted octanol–water partition coefficient (Wildman–Crippen LogP) is -2.47. The number of nitro benzene ring substituents is 1. The van der Waals surface area contributed by atoms with Crippen molar-refractivity contribution in [3.8, 4) is 5.75 Å². The van der Waals surface area contributed by atoms with Crippen LogP contribution in [0.25, 0.3) is 0 Å². The van der Waals surface area contributed by atoms with E-state index >= 15 is 0 Å². The first-order valence-corrected chi connectivity index (χ1v) is 6.13. The Morgan fingerprint density at radius 3 is 2.23 bits per heavy atom. The summed E-state index contributed by atoms with van der Waals surface area (Å²) < 4.78 is 9.99. The molecule has 22 heavy (non-hydrogen) atoms. The van der Waals surface area contributed by atoms with E-state index in [1.807, 2.05) is 0 Å². The van der Waals surface area contributed by atoms with E-state index in [9.17, 15) is 35.3 Å². The number of carboxylic acids is 1. The van der Waals surface area contributed by atoms with Crippen LogP contribution in [0.3, 0.4) is 0 Å². The van der Waals surface area contributed by atoms with Gasteiger partial charge in [-0.25, -0.2) is 0 Å². The maximum atomic E-state index is 10.8. The summed E-state index contributed by atoms with van der Waals surface area (Å²) in [6, 6.07) is 4.68. The van der Waals surface area contributed by atoms with Gasteiger partial charge in [-0.1, -0.05) is 0 Å².